The van der Waals surface area contributed by atoms with Gasteiger partial charge in [0.2, 0.25) is 5.91 Å². The van der Waals surface area contributed by atoms with E-state index in [0.717, 1.165) is 16.7 Å². The first-order valence-electron chi connectivity index (χ1n) is 5.56. The fourth-order valence-corrected chi connectivity index (χ4v) is 1.63. The second-order valence-electron chi connectivity index (χ2n) is 4.37. The van der Waals surface area contributed by atoms with Crippen molar-refractivity contribution in [2.45, 2.75) is 33.2 Å². The summed E-state index contributed by atoms with van der Waals surface area (Å²) in [5.41, 5.74) is 0.251. The molecule has 0 spiro atoms. The van der Waals surface area contributed by atoms with Gasteiger partial charge in [-0.25, -0.2) is 4.98 Å². The van der Waals surface area contributed by atoms with Crippen molar-refractivity contribution in [2.24, 2.45) is 0 Å². The molecule has 1 rings (SSSR count). The summed E-state index contributed by atoms with van der Waals surface area (Å²) in [5.74, 6) is 0.482. The normalized spacial score (nSPS) is 11.4. The van der Waals surface area contributed by atoms with E-state index in [1.54, 1.807) is 6.07 Å². The van der Waals surface area contributed by atoms with Crippen LogP contribution in [0.3, 0.4) is 0 Å². The molecular weight excluding hydrogens is 282 g/mol. The molecule has 0 saturated carbocycles. The number of aromatic nitrogens is 1. The Hall–Kier alpha value is -0.940. The summed E-state index contributed by atoms with van der Waals surface area (Å²) in [6.45, 7) is 8.29. The number of halogens is 1. The van der Waals surface area contributed by atoms with E-state index in [2.05, 4.69) is 31.5 Å². The van der Waals surface area contributed by atoms with Gasteiger partial charge in [0, 0.05) is 4.47 Å². The first-order chi connectivity index (χ1) is 7.86. The Kier molecular flexibility index (Phi) is 4.65. The van der Waals surface area contributed by atoms with Gasteiger partial charge in [0.15, 0.2) is 0 Å². The van der Waals surface area contributed by atoms with E-state index >= 15 is 0 Å². The fraction of sp³-hybridized carbons (Fsp3) is 0.500. The van der Waals surface area contributed by atoms with E-state index in [4.69, 9.17) is 0 Å². The summed E-state index contributed by atoms with van der Waals surface area (Å²) in [7, 11) is 0. The van der Waals surface area contributed by atoms with Crippen molar-refractivity contribution in [3.05, 3.63) is 22.3 Å². The van der Waals surface area contributed by atoms with Crippen LogP contribution in [-0.2, 0) is 4.79 Å². The maximum Gasteiger partial charge on any atom is 0.245 e. The van der Waals surface area contributed by atoms with Crippen LogP contribution in [0.4, 0.5) is 5.82 Å². The van der Waals surface area contributed by atoms with Crippen LogP contribution in [0.1, 0.15) is 26.5 Å². The van der Waals surface area contributed by atoms with E-state index in [1.165, 1.54) is 0 Å². The predicted octanol–water partition coefficient (Wildman–Crippen LogP) is 2.48. The van der Waals surface area contributed by atoms with Crippen LogP contribution in [0.15, 0.2) is 16.6 Å². The van der Waals surface area contributed by atoms with Gasteiger partial charge < -0.3 is 10.6 Å². The van der Waals surface area contributed by atoms with Crippen molar-refractivity contribution in [1.82, 2.24) is 10.3 Å². The third kappa shape index (κ3) is 3.78. The monoisotopic (exact) mass is 299 g/mol. The molecule has 0 aliphatic carbocycles. The molecule has 0 unspecified atom stereocenters. The van der Waals surface area contributed by atoms with Gasteiger partial charge in [0.25, 0.3) is 0 Å². The summed E-state index contributed by atoms with van der Waals surface area (Å²) < 4.78 is 0.932. The summed E-state index contributed by atoms with van der Waals surface area (Å²) >= 11 is 3.37. The lowest BCUT2D eigenvalue weighted by Gasteiger charge is -2.24. The van der Waals surface area contributed by atoms with Crippen molar-refractivity contribution >= 4 is 27.7 Å². The van der Waals surface area contributed by atoms with E-state index in [-0.39, 0.29) is 5.91 Å². The lowest BCUT2D eigenvalue weighted by molar-refractivity contribution is -0.121. The van der Waals surface area contributed by atoms with Gasteiger partial charge in [0.05, 0.1) is 11.2 Å². The van der Waals surface area contributed by atoms with Crippen molar-refractivity contribution in [1.29, 1.82) is 0 Å². The highest BCUT2D eigenvalue weighted by Crippen LogP contribution is 2.17. The highest BCUT2D eigenvalue weighted by Gasteiger charge is 2.26. The second-order valence-corrected chi connectivity index (χ2v) is 5.23. The summed E-state index contributed by atoms with van der Waals surface area (Å²) in [6, 6.07) is 3.65. The number of nitrogens with zero attached hydrogens (tertiary/aromatic N) is 1. The van der Waals surface area contributed by atoms with Gasteiger partial charge in [-0.1, -0.05) is 6.92 Å². The maximum absolute atomic E-state index is 12.0. The molecule has 1 amide bonds. The molecule has 2 N–H and O–H groups in total. The van der Waals surface area contributed by atoms with Gasteiger partial charge in [-0.05, 0) is 55.4 Å². The van der Waals surface area contributed by atoms with Gasteiger partial charge in [0.1, 0.15) is 5.82 Å². The molecule has 0 aliphatic rings. The SMILES string of the molecule is CCNC(C)(C)C(=O)Nc1ccc(Br)c(C)n1. The smallest absolute Gasteiger partial charge is 0.245 e. The summed E-state index contributed by atoms with van der Waals surface area (Å²) in [5, 5.41) is 5.92. The van der Waals surface area contributed by atoms with Crippen LogP contribution >= 0.6 is 15.9 Å². The minimum Gasteiger partial charge on any atom is -0.309 e. The molecule has 4 nitrogen and oxygen atoms in total. The number of carbonyl (C=O) groups is 1. The molecular formula is C12H18BrN3O. The number of rotatable bonds is 4. The van der Waals surface area contributed by atoms with Crippen LogP contribution in [0.5, 0.6) is 0 Å². The highest BCUT2D eigenvalue weighted by atomic mass is 79.9. The van der Waals surface area contributed by atoms with Crippen LogP contribution in [0.25, 0.3) is 0 Å². The van der Waals surface area contributed by atoms with E-state index in [0.29, 0.717) is 5.82 Å². The first kappa shape index (κ1) is 14.1. The quantitative estimate of drug-likeness (QED) is 0.898. The number of pyridine rings is 1. The molecule has 0 bridgehead atoms. The van der Waals surface area contributed by atoms with E-state index in [1.807, 2.05) is 33.8 Å². The fourth-order valence-electron chi connectivity index (χ4n) is 1.41. The summed E-state index contributed by atoms with van der Waals surface area (Å²) in [6.07, 6.45) is 0. The summed E-state index contributed by atoms with van der Waals surface area (Å²) in [4.78, 5) is 16.3. The molecule has 5 heteroatoms. The molecule has 17 heavy (non-hydrogen) atoms. The van der Waals surface area contributed by atoms with Gasteiger partial charge in [-0.15, -0.1) is 0 Å². The maximum atomic E-state index is 12.0. The zero-order chi connectivity index (χ0) is 13.1. The van der Waals surface area contributed by atoms with Crippen molar-refractivity contribution in [2.75, 3.05) is 11.9 Å². The Balaban J connectivity index is 2.77. The number of carbonyl (C=O) groups excluding carboxylic acids is 1. The third-order valence-corrected chi connectivity index (χ3v) is 3.29. The highest BCUT2D eigenvalue weighted by molar-refractivity contribution is 9.10. The molecule has 1 aromatic heterocycles. The number of hydrogen-bond acceptors (Lipinski definition) is 3. The number of likely N-dealkylation sites (N-methyl/N-ethyl adjacent to an activating group) is 1. The van der Waals surface area contributed by atoms with Crippen molar-refractivity contribution < 1.29 is 4.79 Å². The molecule has 94 valence electrons. The van der Waals surface area contributed by atoms with E-state index < -0.39 is 5.54 Å². The van der Waals surface area contributed by atoms with Crippen LogP contribution in [-0.4, -0.2) is 23.0 Å². The molecule has 0 aliphatic heterocycles. The first-order valence-corrected chi connectivity index (χ1v) is 6.35. The number of aryl methyl sites for hydroxylation is 1. The zero-order valence-electron chi connectivity index (χ0n) is 10.6. The van der Waals surface area contributed by atoms with Gasteiger partial charge >= 0.3 is 0 Å². The molecule has 1 heterocycles. The lowest BCUT2D eigenvalue weighted by Crippen LogP contribution is -2.49. The Labute approximate surface area is 110 Å². The number of amides is 1. The van der Waals surface area contributed by atoms with Gasteiger partial charge in [-0.2, -0.15) is 0 Å². The number of anilines is 1. The number of nitrogens with one attached hydrogen (secondary N) is 2. The van der Waals surface area contributed by atoms with Crippen molar-refractivity contribution in [3.8, 4) is 0 Å². The molecule has 0 radical (unpaired) electrons. The third-order valence-electron chi connectivity index (χ3n) is 2.45. The zero-order valence-corrected chi connectivity index (χ0v) is 12.2. The average molecular weight is 300 g/mol. The lowest BCUT2D eigenvalue weighted by atomic mass is 10.0. The minimum absolute atomic E-state index is 0.0893. The molecule has 0 atom stereocenters. The van der Waals surface area contributed by atoms with Crippen molar-refractivity contribution in [3.63, 3.8) is 0 Å². The Morgan fingerprint density at radius 2 is 2.12 bits per heavy atom. The Bertz CT molecular complexity index is 418. The average Bonchev–Trinajstić information content (AvgIpc) is 2.23. The Morgan fingerprint density at radius 3 is 2.65 bits per heavy atom. The molecule has 0 aromatic carbocycles. The Morgan fingerprint density at radius 1 is 1.47 bits per heavy atom. The van der Waals surface area contributed by atoms with Crippen LogP contribution < -0.4 is 10.6 Å². The largest absolute Gasteiger partial charge is 0.309 e. The minimum atomic E-state index is -0.600. The second kappa shape index (κ2) is 5.60. The van der Waals surface area contributed by atoms with E-state index in [9.17, 15) is 4.79 Å². The van der Waals surface area contributed by atoms with Crippen LogP contribution in [0, 0.1) is 6.92 Å². The topological polar surface area (TPSA) is 54.0 Å². The van der Waals surface area contributed by atoms with Gasteiger partial charge in [-0.3, -0.25) is 4.79 Å². The molecule has 1 aromatic rings. The molecule has 0 saturated heterocycles. The molecule has 0 fully saturated rings. The van der Waals surface area contributed by atoms with Crippen LogP contribution in [0.2, 0.25) is 0 Å². The number of hydrogen-bond donors (Lipinski definition) is 2. The standard InChI is InChI=1S/C12H18BrN3O/c1-5-14-12(3,4)11(17)16-10-7-6-9(13)8(2)15-10/h6-7,14H,5H2,1-4H3,(H,15,16,17). The predicted molar refractivity (Wildman–Crippen MR) is 73.1 cm³/mol.